The molecule has 9 heteroatoms. The molecule has 1 saturated heterocycles. The van der Waals surface area contributed by atoms with Gasteiger partial charge in [0, 0.05) is 27.4 Å². The summed E-state index contributed by atoms with van der Waals surface area (Å²) in [5.41, 5.74) is 1.14. The summed E-state index contributed by atoms with van der Waals surface area (Å²) in [6, 6.07) is 11.0. The van der Waals surface area contributed by atoms with Crippen molar-refractivity contribution in [1.29, 1.82) is 0 Å². The van der Waals surface area contributed by atoms with Gasteiger partial charge in [-0.05, 0) is 74.5 Å². The molecule has 0 spiro atoms. The second-order valence-corrected chi connectivity index (χ2v) is 10.7. The van der Waals surface area contributed by atoms with Gasteiger partial charge in [0.05, 0.1) is 22.8 Å². The van der Waals surface area contributed by atoms with Gasteiger partial charge in [-0.3, -0.25) is 10.3 Å². The Morgan fingerprint density at radius 1 is 1.06 bits per heavy atom. The highest BCUT2D eigenvalue weighted by Crippen LogP contribution is 2.58. The van der Waals surface area contributed by atoms with Gasteiger partial charge in [-0.15, -0.1) is 11.7 Å². The third-order valence-electron chi connectivity index (χ3n) is 6.00. The molecule has 0 radical (unpaired) electrons. The van der Waals surface area contributed by atoms with Crippen LogP contribution in [0.15, 0.2) is 41.4 Å². The molecular formula is C23H24Cl2F3N3S. The molecule has 1 aliphatic heterocycles. The van der Waals surface area contributed by atoms with Crippen molar-refractivity contribution in [3.63, 3.8) is 0 Å². The first-order valence-electron chi connectivity index (χ1n) is 10.4. The number of anilines is 1. The van der Waals surface area contributed by atoms with E-state index in [1.807, 2.05) is 17.0 Å². The summed E-state index contributed by atoms with van der Waals surface area (Å²) in [7, 11) is 0. The summed E-state index contributed by atoms with van der Waals surface area (Å²) in [6.45, 7) is 5.59. The van der Waals surface area contributed by atoms with Crippen LogP contribution in [-0.2, 0) is 0 Å². The first-order valence-corrected chi connectivity index (χ1v) is 12.6. The molecule has 0 saturated carbocycles. The maximum absolute atomic E-state index is 13.7. The number of hydrogen-bond acceptors (Lipinski definition) is 3. The lowest BCUT2D eigenvalue weighted by molar-refractivity contribution is 0.384. The Kier molecular flexibility index (Phi) is 6.82. The molecule has 172 valence electrons. The fraction of sp³-hybridized carbons (Fsp3) is 0.348. The second kappa shape index (κ2) is 9.29. The SMILES string of the molecule is C=Nc1c(N(CC(C)S(F)(F)F)C2CCCCN2)c2cc(Cl)ccc2c2ccc(Cl)cc12. The van der Waals surface area contributed by atoms with E-state index in [-0.39, 0.29) is 12.7 Å². The van der Waals surface area contributed by atoms with E-state index in [4.69, 9.17) is 23.2 Å². The zero-order valence-corrected chi connectivity index (χ0v) is 19.9. The highest BCUT2D eigenvalue weighted by molar-refractivity contribution is 8.21. The average molecular weight is 502 g/mol. The quantitative estimate of drug-likeness (QED) is 0.271. The molecule has 1 N–H and O–H groups in total. The van der Waals surface area contributed by atoms with Gasteiger partial charge in [0.15, 0.2) is 0 Å². The highest BCUT2D eigenvalue weighted by atomic mass is 35.5. The monoisotopic (exact) mass is 501 g/mol. The van der Waals surface area contributed by atoms with Crippen LogP contribution in [0.4, 0.5) is 23.0 Å². The van der Waals surface area contributed by atoms with E-state index in [0.29, 0.717) is 21.4 Å². The predicted octanol–water partition coefficient (Wildman–Crippen LogP) is 8.38. The van der Waals surface area contributed by atoms with Crippen LogP contribution in [0.5, 0.6) is 0 Å². The van der Waals surface area contributed by atoms with Crippen LogP contribution >= 0.6 is 34.4 Å². The van der Waals surface area contributed by atoms with E-state index in [1.165, 1.54) is 6.92 Å². The summed E-state index contributed by atoms with van der Waals surface area (Å²) in [4.78, 5) is 6.14. The van der Waals surface area contributed by atoms with Gasteiger partial charge < -0.3 is 4.90 Å². The van der Waals surface area contributed by atoms with Gasteiger partial charge in [-0.2, -0.15) is 0 Å². The van der Waals surface area contributed by atoms with Crippen molar-refractivity contribution in [3.05, 3.63) is 46.4 Å². The number of halogens is 5. The van der Waals surface area contributed by atoms with Crippen LogP contribution < -0.4 is 10.2 Å². The summed E-state index contributed by atoms with van der Waals surface area (Å²) in [6.07, 6.45) is 2.44. The van der Waals surface area contributed by atoms with Crippen molar-refractivity contribution in [2.24, 2.45) is 4.99 Å². The first kappa shape index (κ1) is 23.5. The normalized spacial score (nSPS) is 18.6. The Hall–Kier alpha value is -1.67. The molecule has 1 heterocycles. The Morgan fingerprint density at radius 3 is 2.25 bits per heavy atom. The maximum atomic E-state index is 13.7. The average Bonchev–Trinajstić information content (AvgIpc) is 2.76. The van der Waals surface area contributed by atoms with E-state index in [0.717, 1.165) is 47.4 Å². The van der Waals surface area contributed by atoms with Crippen LogP contribution in [0.2, 0.25) is 10.0 Å². The highest BCUT2D eigenvalue weighted by Gasteiger charge is 2.35. The third-order valence-corrected chi connectivity index (χ3v) is 7.54. The number of piperidine rings is 1. The molecule has 3 aromatic rings. The molecule has 2 atom stereocenters. The molecule has 4 rings (SSSR count). The van der Waals surface area contributed by atoms with Crippen molar-refractivity contribution < 1.29 is 11.7 Å². The van der Waals surface area contributed by atoms with Crippen molar-refractivity contribution in [2.45, 2.75) is 37.6 Å². The first-order chi connectivity index (χ1) is 15.2. The molecular weight excluding hydrogens is 478 g/mol. The lowest BCUT2D eigenvalue weighted by Crippen LogP contribution is -2.50. The fourth-order valence-corrected chi connectivity index (χ4v) is 5.11. The molecule has 3 nitrogen and oxygen atoms in total. The number of aliphatic imine (C=N–C) groups is 1. The fourth-order valence-electron chi connectivity index (χ4n) is 4.44. The minimum atomic E-state index is -5.24. The van der Waals surface area contributed by atoms with Crippen LogP contribution in [0.25, 0.3) is 21.5 Å². The number of rotatable bonds is 6. The standard InChI is InChI=1S/C23H24Cl2F3N3S/c1-14(32(26,27)28)13-31(21-5-3-4-10-30-21)23-20-12-16(25)7-9-18(20)17-8-6-15(24)11-19(17)22(23)29-2/h6-9,11-12,14,21,30H,2-5,10,13H2,1H3. The van der Waals surface area contributed by atoms with E-state index < -0.39 is 16.4 Å². The molecule has 0 aromatic heterocycles. The van der Waals surface area contributed by atoms with Crippen LogP contribution in [-0.4, -0.2) is 31.2 Å². The minimum absolute atomic E-state index is 0.174. The summed E-state index contributed by atoms with van der Waals surface area (Å²) in [5, 5.41) is 6.29. The lowest BCUT2D eigenvalue weighted by Gasteiger charge is -2.40. The topological polar surface area (TPSA) is 27.6 Å². The van der Waals surface area contributed by atoms with Gasteiger partial charge in [-0.25, -0.2) is 0 Å². The zero-order valence-electron chi connectivity index (χ0n) is 17.6. The summed E-state index contributed by atoms with van der Waals surface area (Å²) < 4.78 is 41.2. The Labute approximate surface area is 197 Å². The second-order valence-electron chi connectivity index (χ2n) is 8.11. The molecule has 0 aliphatic carbocycles. The van der Waals surface area contributed by atoms with Crippen molar-refractivity contribution in [3.8, 4) is 0 Å². The van der Waals surface area contributed by atoms with Gasteiger partial charge >= 0.3 is 0 Å². The minimum Gasteiger partial charge on any atom is -0.352 e. The summed E-state index contributed by atoms with van der Waals surface area (Å²) in [5.74, 6) is 0. The molecule has 1 fully saturated rings. The Bertz CT molecular complexity index is 1160. The number of benzene rings is 3. The predicted molar refractivity (Wildman–Crippen MR) is 134 cm³/mol. The molecule has 0 bridgehead atoms. The number of nitrogens with zero attached hydrogens (tertiary/aromatic N) is 2. The van der Waals surface area contributed by atoms with Crippen LogP contribution in [0.1, 0.15) is 26.2 Å². The molecule has 32 heavy (non-hydrogen) atoms. The van der Waals surface area contributed by atoms with E-state index in [9.17, 15) is 11.7 Å². The number of nitrogens with one attached hydrogen (secondary N) is 1. The van der Waals surface area contributed by atoms with E-state index in [1.54, 1.807) is 24.3 Å². The smallest absolute Gasteiger partial charge is 0.213 e. The maximum Gasteiger partial charge on any atom is 0.213 e. The van der Waals surface area contributed by atoms with Crippen LogP contribution in [0, 0.1) is 0 Å². The van der Waals surface area contributed by atoms with Gasteiger partial charge in [0.25, 0.3) is 0 Å². The Balaban J connectivity index is 2.04. The largest absolute Gasteiger partial charge is 0.352 e. The number of hydrogen-bond donors (Lipinski definition) is 1. The lowest BCUT2D eigenvalue weighted by atomic mass is 9.96. The molecule has 3 aromatic carbocycles. The van der Waals surface area contributed by atoms with Crippen LogP contribution in [0.3, 0.4) is 0 Å². The molecule has 0 amide bonds. The van der Waals surface area contributed by atoms with Gasteiger partial charge in [-0.1, -0.05) is 35.3 Å². The Morgan fingerprint density at radius 2 is 1.69 bits per heavy atom. The van der Waals surface area contributed by atoms with Crippen molar-refractivity contribution in [2.75, 3.05) is 18.0 Å². The van der Waals surface area contributed by atoms with E-state index in [2.05, 4.69) is 17.0 Å². The third kappa shape index (κ3) is 4.53. The van der Waals surface area contributed by atoms with Gasteiger partial charge in [0.1, 0.15) is 0 Å². The summed E-state index contributed by atoms with van der Waals surface area (Å²) >= 11 is 7.41. The van der Waals surface area contributed by atoms with E-state index >= 15 is 0 Å². The molecule has 1 aliphatic rings. The zero-order chi connectivity index (χ0) is 23.0. The van der Waals surface area contributed by atoms with Gasteiger partial charge in [0.2, 0.25) is 11.2 Å². The van der Waals surface area contributed by atoms with Crippen molar-refractivity contribution >= 4 is 74.0 Å². The number of fused-ring (bicyclic) bond motifs is 3. The van der Waals surface area contributed by atoms with Crippen molar-refractivity contribution in [1.82, 2.24) is 5.32 Å². The molecule has 2 unspecified atom stereocenters.